The van der Waals surface area contributed by atoms with Crippen molar-refractivity contribution < 1.29 is 27.2 Å². The summed E-state index contributed by atoms with van der Waals surface area (Å²) in [7, 11) is 0. The Kier molecular flexibility index (Phi) is 7.55. The van der Waals surface area contributed by atoms with Crippen molar-refractivity contribution in [1.82, 2.24) is 5.16 Å². The van der Waals surface area contributed by atoms with Gasteiger partial charge in [0.05, 0.1) is 5.56 Å². The summed E-state index contributed by atoms with van der Waals surface area (Å²) in [5, 5.41) is 4.00. The van der Waals surface area contributed by atoms with Crippen molar-refractivity contribution in [3.05, 3.63) is 76.5 Å². The molecule has 0 N–H and O–H groups in total. The van der Waals surface area contributed by atoms with Gasteiger partial charge in [0.1, 0.15) is 21.7 Å². The number of hydrogen-bond donors (Lipinski definition) is 0. The summed E-state index contributed by atoms with van der Waals surface area (Å²) in [5.41, 5.74) is 0.335. The lowest BCUT2D eigenvalue weighted by atomic mass is 10.1. The van der Waals surface area contributed by atoms with Crippen LogP contribution >= 0.6 is 46.4 Å². The van der Waals surface area contributed by atoms with E-state index in [1.54, 1.807) is 37.3 Å². The van der Waals surface area contributed by atoms with Gasteiger partial charge in [0.2, 0.25) is 0 Å². The van der Waals surface area contributed by atoms with Crippen LogP contribution in [0.4, 0.5) is 13.2 Å². The predicted molar refractivity (Wildman–Crippen MR) is 117 cm³/mol. The summed E-state index contributed by atoms with van der Waals surface area (Å²) in [6, 6.07) is 12.7. The van der Waals surface area contributed by atoms with Gasteiger partial charge < -0.3 is 14.0 Å². The van der Waals surface area contributed by atoms with Gasteiger partial charge in [-0.05, 0) is 43.3 Å². The number of rotatable bonds is 7. The molecule has 11 heteroatoms. The second-order valence-corrected chi connectivity index (χ2v) is 8.85. The molecule has 0 radical (unpaired) electrons. The molecule has 1 heterocycles. The van der Waals surface area contributed by atoms with E-state index in [1.165, 1.54) is 12.1 Å². The van der Waals surface area contributed by atoms with E-state index in [1.807, 2.05) is 0 Å². The number of ether oxygens (including phenoxy) is 2. The number of aromatic nitrogens is 1. The van der Waals surface area contributed by atoms with Crippen LogP contribution in [0, 0.1) is 0 Å². The zero-order valence-corrected chi connectivity index (χ0v) is 19.2. The third-order valence-corrected chi connectivity index (χ3v) is 4.68. The van der Waals surface area contributed by atoms with Crippen LogP contribution in [0.15, 0.2) is 69.7 Å². The van der Waals surface area contributed by atoms with Crippen LogP contribution in [-0.4, -0.2) is 9.68 Å². The fourth-order valence-corrected chi connectivity index (χ4v) is 3.56. The van der Waals surface area contributed by atoms with Crippen LogP contribution in [0.1, 0.15) is 24.4 Å². The number of alkyl halides is 5. The van der Waals surface area contributed by atoms with Crippen molar-refractivity contribution >= 4 is 46.4 Å². The SMILES string of the molecule is CC(Oc1ccc(C(F)(F)F)cc1)c1cc(-c2cccc(OC(Cl)(Cl)C=C(Cl)Cl)c2)no1. The molecule has 4 nitrogen and oxygen atoms in total. The Morgan fingerprint density at radius 2 is 1.72 bits per heavy atom. The van der Waals surface area contributed by atoms with E-state index in [4.69, 9.17) is 60.4 Å². The molecule has 0 fully saturated rings. The van der Waals surface area contributed by atoms with E-state index < -0.39 is 22.4 Å². The Morgan fingerprint density at radius 3 is 2.34 bits per heavy atom. The van der Waals surface area contributed by atoms with Crippen molar-refractivity contribution in [2.45, 2.75) is 23.7 Å². The van der Waals surface area contributed by atoms with Gasteiger partial charge in [0, 0.05) is 17.7 Å². The largest absolute Gasteiger partial charge is 0.483 e. The van der Waals surface area contributed by atoms with Crippen molar-refractivity contribution in [3.8, 4) is 22.8 Å². The van der Waals surface area contributed by atoms with Gasteiger partial charge in [-0.15, -0.1) is 0 Å². The highest BCUT2D eigenvalue weighted by Crippen LogP contribution is 2.34. The van der Waals surface area contributed by atoms with Crippen LogP contribution < -0.4 is 9.47 Å². The first-order valence-corrected chi connectivity index (χ1v) is 10.5. The molecule has 32 heavy (non-hydrogen) atoms. The highest BCUT2D eigenvalue weighted by Gasteiger charge is 2.30. The fourth-order valence-electron chi connectivity index (χ4n) is 2.63. The van der Waals surface area contributed by atoms with Gasteiger partial charge in [-0.25, -0.2) is 0 Å². The van der Waals surface area contributed by atoms with Crippen LogP contribution in [-0.2, 0) is 6.18 Å². The fraction of sp³-hybridized carbons (Fsp3) is 0.190. The van der Waals surface area contributed by atoms with Crippen molar-refractivity contribution in [3.63, 3.8) is 0 Å². The van der Waals surface area contributed by atoms with Gasteiger partial charge in [0.15, 0.2) is 11.9 Å². The topological polar surface area (TPSA) is 44.5 Å². The van der Waals surface area contributed by atoms with Crippen LogP contribution in [0.25, 0.3) is 11.3 Å². The molecule has 2 aromatic carbocycles. The van der Waals surface area contributed by atoms with Crippen LogP contribution in [0.5, 0.6) is 11.5 Å². The first-order chi connectivity index (χ1) is 14.9. The third kappa shape index (κ3) is 6.72. The standard InChI is InChI=1S/C21H14Cl4F3NO3/c1-12(30-15-7-5-14(6-8-15)21(26,27)28)18-10-17(29-32-18)13-3-2-4-16(9-13)31-20(24,25)11-19(22)23/h2-12H,1H3. The second-order valence-electron chi connectivity index (χ2n) is 6.52. The maximum atomic E-state index is 12.7. The zero-order chi connectivity index (χ0) is 23.5. The van der Waals surface area contributed by atoms with E-state index in [0.717, 1.165) is 18.2 Å². The quantitative estimate of drug-likeness (QED) is 0.290. The third-order valence-electron chi connectivity index (χ3n) is 4.08. The van der Waals surface area contributed by atoms with Gasteiger partial charge in [-0.3, -0.25) is 0 Å². The minimum absolute atomic E-state index is 0.158. The van der Waals surface area contributed by atoms with Crippen LogP contribution in [0.3, 0.4) is 0 Å². The molecular formula is C21H14Cl4F3NO3. The number of benzene rings is 2. The molecule has 3 rings (SSSR count). The predicted octanol–water partition coefficient (Wildman–Crippen LogP) is 8.33. The Hall–Kier alpha value is -2.06. The number of hydrogen-bond acceptors (Lipinski definition) is 4. The Labute approximate surface area is 201 Å². The van der Waals surface area contributed by atoms with Gasteiger partial charge in [0.25, 0.3) is 4.52 Å². The summed E-state index contributed by atoms with van der Waals surface area (Å²) < 4.78 is 52.6. The molecule has 0 aliphatic rings. The minimum atomic E-state index is -4.42. The minimum Gasteiger partial charge on any atom is -0.483 e. The summed E-state index contributed by atoms with van der Waals surface area (Å²) in [4.78, 5) is 0. The summed E-state index contributed by atoms with van der Waals surface area (Å²) >= 11 is 23.1. The molecular weight excluding hydrogens is 513 g/mol. The maximum Gasteiger partial charge on any atom is 0.416 e. The Morgan fingerprint density at radius 1 is 1.03 bits per heavy atom. The molecule has 3 aromatic rings. The number of halogens is 7. The highest BCUT2D eigenvalue weighted by atomic mass is 35.5. The molecule has 0 spiro atoms. The average molecular weight is 527 g/mol. The first kappa shape index (κ1) is 24.6. The normalized spacial score (nSPS) is 12.9. The van der Waals surface area contributed by atoms with E-state index in [0.29, 0.717) is 22.8 Å². The molecule has 0 aliphatic heterocycles. The molecule has 0 saturated heterocycles. The summed E-state index contributed by atoms with van der Waals surface area (Å²) in [6.45, 7) is 1.68. The molecule has 170 valence electrons. The first-order valence-electron chi connectivity index (χ1n) is 8.94. The van der Waals surface area contributed by atoms with Crippen molar-refractivity contribution in [1.29, 1.82) is 0 Å². The monoisotopic (exact) mass is 525 g/mol. The van der Waals surface area contributed by atoms with E-state index in [2.05, 4.69) is 5.16 Å². The van der Waals surface area contributed by atoms with Gasteiger partial charge in [-0.2, -0.15) is 13.2 Å². The van der Waals surface area contributed by atoms with Gasteiger partial charge in [-0.1, -0.05) is 63.7 Å². The Bertz CT molecular complexity index is 1090. The van der Waals surface area contributed by atoms with E-state index in [9.17, 15) is 13.2 Å². The molecule has 0 bridgehead atoms. The molecule has 1 atom stereocenters. The van der Waals surface area contributed by atoms with Crippen LogP contribution in [0.2, 0.25) is 0 Å². The van der Waals surface area contributed by atoms with Crippen molar-refractivity contribution in [2.75, 3.05) is 0 Å². The lowest BCUT2D eigenvalue weighted by Gasteiger charge is -2.17. The van der Waals surface area contributed by atoms with Gasteiger partial charge >= 0.3 is 6.18 Å². The Balaban J connectivity index is 1.72. The summed E-state index contributed by atoms with van der Waals surface area (Å²) in [6.07, 6.45) is -3.91. The zero-order valence-electron chi connectivity index (χ0n) is 16.2. The molecule has 0 amide bonds. The maximum absolute atomic E-state index is 12.7. The molecule has 0 saturated carbocycles. The second kappa shape index (κ2) is 9.83. The molecule has 0 aliphatic carbocycles. The molecule has 1 unspecified atom stereocenters. The highest BCUT2D eigenvalue weighted by molar-refractivity contribution is 6.57. The lowest BCUT2D eigenvalue weighted by molar-refractivity contribution is -0.137. The van der Waals surface area contributed by atoms with Crippen molar-refractivity contribution in [2.24, 2.45) is 0 Å². The summed E-state index contributed by atoms with van der Waals surface area (Å²) in [5.74, 6) is 0.939. The lowest BCUT2D eigenvalue weighted by Crippen LogP contribution is -2.18. The van der Waals surface area contributed by atoms with E-state index >= 15 is 0 Å². The number of nitrogens with zero attached hydrogens (tertiary/aromatic N) is 1. The average Bonchev–Trinajstić information content (AvgIpc) is 3.17. The van der Waals surface area contributed by atoms with E-state index in [-0.39, 0.29) is 10.2 Å². The smallest absolute Gasteiger partial charge is 0.416 e. The molecule has 1 aromatic heterocycles.